The third kappa shape index (κ3) is 9.76. The molecule has 0 amide bonds. The van der Waals surface area contributed by atoms with Gasteiger partial charge in [0.05, 0.1) is 44.2 Å². The van der Waals surface area contributed by atoms with Crippen LogP contribution in [0.1, 0.15) is 66.4 Å². The van der Waals surface area contributed by atoms with Gasteiger partial charge in [-0.25, -0.2) is 4.79 Å². The van der Waals surface area contributed by atoms with Crippen LogP contribution >= 0.6 is 0 Å². The normalized spacial score (nSPS) is 24.4. The average Bonchev–Trinajstić information content (AvgIpc) is 3.11. The summed E-state index contributed by atoms with van der Waals surface area (Å²) in [5, 5.41) is 10.4. The number of benzene rings is 1. The monoisotopic (exact) mass is 546 g/mol. The minimum absolute atomic E-state index is 0.0345. The van der Waals surface area contributed by atoms with E-state index < -0.39 is 29.2 Å². The first-order valence-corrected chi connectivity index (χ1v) is 13.3. The standard InChI is InChI=1S/C30H42O9/c1-20(8-11-22(31)14-23(32)15-25-16-27(33)38-29(4,5)37-25)26(17-30(6)19-36-28(2,3)39-30)35-18-21-9-12-24(34-7)13-10-21/h8-13,16,20,23,26,32H,14-15,17-19H2,1-7H3/b11-8+/t20-,23-,26+,30+/m1/s1. The lowest BCUT2D eigenvalue weighted by molar-refractivity contribution is -0.206. The van der Waals surface area contributed by atoms with E-state index in [1.54, 1.807) is 27.0 Å². The fourth-order valence-corrected chi connectivity index (χ4v) is 4.68. The maximum atomic E-state index is 12.7. The highest BCUT2D eigenvalue weighted by Gasteiger charge is 2.44. The highest BCUT2D eigenvalue weighted by atomic mass is 16.8. The molecule has 1 aromatic carbocycles. The number of hydrogen-bond acceptors (Lipinski definition) is 9. The molecule has 2 aliphatic heterocycles. The van der Waals surface area contributed by atoms with Gasteiger partial charge in [-0.3, -0.25) is 4.79 Å². The number of aliphatic hydroxyl groups is 1. The second-order valence-electron chi connectivity index (χ2n) is 11.4. The number of hydrogen-bond donors (Lipinski definition) is 1. The molecule has 3 rings (SSSR count). The molecule has 0 radical (unpaired) electrons. The molecule has 0 spiro atoms. The summed E-state index contributed by atoms with van der Waals surface area (Å²) in [6.07, 6.45) is 3.69. The quantitative estimate of drug-likeness (QED) is 0.280. The predicted octanol–water partition coefficient (Wildman–Crippen LogP) is 4.61. The lowest BCUT2D eigenvalue weighted by Gasteiger charge is -2.31. The largest absolute Gasteiger partial charge is 0.497 e. The van der Waals surface area contributed by atoms with Gasteiger partial charge in [-0.1, -0.05) is 25.1 Å². The van der Waals surface area contributed by atoms with Gasteiger partial charge in [0.1, 0.15) is 11.5 Å². The highest BCUT2D eigenvalue weighted by Crippen LogP contribution is 2.36. The van der Waals surface area contributed by atoms with Crippen molar-refractivity contribution in [2.75, 3.05) is 13.7 Å². The van der Waals surface area contributed by atoms with Gasteiger partial charge in [0.2, 0.25) is 5.79 Å². The zero-order chi connectivity index (χ0) is 28.8. The molecule has 0 aliphatic carbocycles. The minimum Gasteiger partial charge on any atom is -0.497 e. The molecule has 0 bridgehead atoms. The summed E-state index contributed by atoms with van der Waals surface area (Å²) < 4.78 is 34.2. The Bertz CT molecular complexity index is 1060. The molecule has 2 aliphatic rings. The number of esters is 1. The van der Waals surface area contributed by atoms with Gasteiger partial charge in [0.25, 0.3) is 0 Å². The Morgan fingerprint density at radius 1 is 1.10 bits per heavy atom. The van der Waals surface area contributed by atoms with E-state index in [1.807, 2.05) is 52.0 Å². The summed E-state index contributed by atoms with van der Waals surface area (Å²) in [4.78, 5) is 24.4. The number of ether oxygens (including phenoxy) is 6. The van der Waals surface area contributed by atoms with Crippen LogP contribution in [-0.2, 0) is 39.9 Å². The van der Waals surface area contributed by atoms with Crippen molar-refractivity contribution in [1.29, 1.82) is 0 Å². The van der Waals surface area contributed by atoms with Crippen molar-refractivity contribution in [3.8, 4) is 5.75 Å². The van der Waals surface area contributed by atoms with Gasteiger partial charge in [0.15, 0.2) is 11.6 Å². The maximum absolute atomic E-state index is 12.7. The molecular formula is C30H42O9. The van der Waals surface area contributed by atoms with Crippen molar-refractivity contribution in [3.05, 3.63) is 53.8 Å². The Hall–Kier alpha value is -2.72. The van der Waals surface area contributed by atoms with E-state index in [9.17, 15) is 14.7 Å². The predicted molar refractivity (Wildman–Crippen MR) is 144 cm³/mol. The summed E-state index contributed by atoms with van der Waals surface area (Å²) in [5.41, 5.74) is 0.454. The number of ketones is 1. The van der Waals surface area contributed by atoms with E-state index in [0.29, 0.717) is 19.6 Å². The van der Waals surface area contributed by atoms with Gasteiger partial charge in [-0.05, 0) is 44.5 Å². The molecule has 4 atom stereocenters. The molecule has 216 valence electrons. The van der Waals surface area contributed by atoms with Crippen molar-refractivity contribution in [2.45, 2.75) is 96.8 Å². The first-order valence-electron chi connectivity index (χ1n) is 13.3. The molecule has 1 aromatic rings. The number of aliphatic hydroxyl groups excluding tert-OH is 1. The van der Waals surface area contributed by atoms with E-state index in [4.69, 9.17) is 28.4 Å². The van der Waals surface area contributed by atoms with Gasteiger partial charge >= 0.3 is 5.97 Å². The fraction of sp³-hybridized carbons (Fsp3) is 0.600. The van der Waals surface area contributed by atoms with E-state index >= 15 is 0 Å². The van der Waals surface area contributed by atoms with Gasteiger partial charge < -0.3 is 33.5 Å². The SMILES string of the molecule is COc1ccc(CO[C@@H](C[C@@]2(C)COC(C)(C)O2)[C@H](C)/C=C/C(=O)C[C@@H](O)CC2=CC(=O)OC(C)(C)O2)cc1. The summed E-state index contributed by atoms with van der Waals surface area (Å²) in [5.74, 6) is -1.64. The summed E-state index contributed by atoms with van der Waals surface area (Å²) >= 11 is 0. The van der Waals surface area contributed by atoms with E-state index in [2.05, 4.69) is 0 Å². The number of methoxy groups -OCH3 is 1. The first kappa shape index (κ1) is 30.8. The van der Waals surface area contributed by atoms with E-state index in [-0.39, 0.29) is 36.4 Å². The van der Waals surface area contributed by atoms with Crippen molar-refractivity contribution in [2.24, 2.45) is 5.92 Å². The van der Waals surface area contributed by atoms with Crippen LogP contribution in [0.25, 0.3) is 0 Å². The summed E-state index contributed by atoms with van der Waals surface area (Å²) in [6.45, 7) is 11.8. The smallest absolute Gasteiger partial charge is 0.337 e. The zero-order valence-corrected chi connectivity index (χ0v) is 24.0. The second-order valence-corrected chi connectivity index (χ2v) is 11.4. The minimum atomic E-state index is -1.11. The van der Waals surface area contributed by atoms with Crippen LogP contribution in [0.5, 0.6) is 5.75 Å². The average molecular weight is 547 g/mol. The van der Waals surface area contributed by atoms with Crippen molar-refractivity contribution >= 4 is 11.8 Å². The Balaban J connectivity index is 1.61. The van der Waals surface area contributed by atoms with Crippen molar-refractivity contribution in [3.63, 3.8) is 0 Å². The Kier molecular flexibility index (Phi) is 9.98. The van der Waals surface area contributed by atoms with Crippen molar-refractivity contribution in [1.82, 2.24) is 0 Å². The summed E-state index contributed by atoms with van der Waals surface area (Å²) in [6, 6.07) is 7.68. The lowest BCUT2D eigenvalue weighted by atomic mass is 9.91. The molecule has 39 heavy (non-hydrogen) atoms. The number of carbonyl (C=O) groups excluding carboxylic acids is 2. The Morgan fingerprint density at radius 2 is 1.79 bits per heavy atom. The molecular weight excluding hydrogens is 504 g/mol. The zero-order valence-electron chi connectivity index (χ0n) is 24.0. The summed E-state index contributed by atoms with van der Waals surface area (Å²) in [7, 11) is 1.62. The molecule has 2 heterocycles. The lowest BCUT2D eigenvalue weighted by Crippen LogP contribution is -2.37. The Labute approximate surface area is 231 Å². The third-order valence-corrected chi connectivity index (χ3v) is 6.52. The van der Waals surface area contributed by atoms with Crippen molar-refractivity contribution < 1.29 is 43.1 Å². The number of carbonyl (C=O) groups is 2. The number of cyclic esters (lactones) is 1. The molecule has 1 N–H and O–H groups in total. The van der Waals surface area contributed by atoms with Crippen LogP contribution in [0.2, 0.25) is 0 Å². The van der Waals surface area contributed by atoms with Crippen LogP contribution in [0.15, 0.2) is 48.3 Å². The number of rotatable bonds is 13. The topological polar surface area (TPSA) is 110 Å². The molecule has 9 nitrogen and oxygen atoms in total. The van der Waals surface area contributed by atoms with E-state index in [1.165, 1.54) is 12.2 Å². The Morgan fingerprint density at radius 3 is 2.38 bits per heavy atom. The fourth-order valence-electron chi connectivity index (χ4n) is 4.68. The van der Waals surface area contributed by atoms with Crippen LogP contribution < -0.4 is 4.74 Å². The van der Waals surface area contributed by atoms with Crippen LogP contribution in [0.4, 0.5) is 0 Å². The van der Waals surface area contributed by atoms with Gasteiger partial charge in [0, 0.05) is 39.0 Å². The maximum Gasteiger partial charge on any atom is 0.337 e. The molecule has 0 unspecified atom stereocenters. The third-order valence-electron chi connectivity index (χ3n) is 6.52. The molecule has 9 heteroatoms. The second kappa shape index (κ2) is 12.6. The van der Waals surface area contributed by atoms with Crippen LogP contribution in [0, 0.1) is 5.92 Å². The molecule has 1 fully saturated rings. The highest BCUT2D eigenvalue weighted by molar-refractivity contribution is 5.90. The van der Waals surface area contributed by atoms with E-state index in [0.717, 1.165) is 11.3 Å². The molecule has 1 saturated heterocycles. The number of allylic oxidation sites excluding steroid dienone is 1. The molecule has 0 saturated carbocycles. The van der Waals surface area contributed by atoms with Crippen LogP contribution in [0.3, 0.4) is 0 Å². The first-order chi connectivity index (χ1) is 18.2. The molecule has 0 aromatic heterocycles. The van der Waals surface area contributed by atoms with Gasteiger partial charge in [-0.2, -0.15) is 0 Å². The van der Waals surface area contributed by atoms with Crippen LogP contribution in [-0.4, -0.2) is 60.0 Å². The van der Waals surface area contributed by atoms with Gasteiger partial charge in [-0.15, -0.1) is 0 Å².